The molecular formula is C16H15FN2O. The summed E-state index contributed by atoms with van der Waals surface area (Å²) < 4.78 is 13.5. The molecule has 1 heterocycles. The molecule has 2 aromatic rings. The Morgan fingerprint density at radius 3 is 2.90 bits per heavy atom. The normalized spacial score (nSPS) is 13.2. The molecule has 20 heavy (non-hydrogen) atoms. The molecule has 1 aliphatic rings. The number of rotatable bonds is 2. The van der Waals surface area contributed by atoms with Crippen LogP contribution in [0.1, 0.15) is 22.3 Å². The van der Waals surface area contributed by atoms with Gasteiger partial charge in [-0.3, -0.25) is 4.79 Å². The highest BCUT2D eigenvalue weighted by Crippen LogP contribution is 2.25. The third kappa shape index (κ3) is 2.50. The van der Waals surface area contributed by atoms with Gasteiger partial charge in [0, 0.05) is 17.9 Å². The summed E-state index contributed by atoms with van der Waals surface area (Å²) in [5.74, 6) is -0.934. The van der Waals surface area contributed by atoms with Crippen LogP contribution in [0.3, 0.4) is 0 Å². The molecular weight excluding hydrogens is 255 g/mol. The van der Waals surface area contributed by atoms with Gasteiger partial charge in [-0.15, -0.1) is 0 Å². The quantitative estimate of drug-likeness (QED) is 0.877. The molecule has 0 aliphatic carbocycles. The number of anilines is 2. The fourth-order valence-electron chi connectivity index (χ4n) is 2.40. The van der Waals surface area contributed by atoms with Gasteiger partial charge >= 0.3 is 0 Å². The topological polar surface area (TPSA) is 41.1 Å². The van der Waals surface area contributed by atoms with E-state index in [1.807, 2.05) is 18.2 Å². The first kappa shape index (κ1) is 12.7. The molecule has 2 aromatic carbocycles. The highest BCUT2D eigenvalue weighted by Gasteiger charge is 2.13. The Morgan fingerprint density at radius 2 is 2.05 bits per heavy atom. The molecule has 0 atom stereocenters. The van der Waals surface area contributed by atoms with Crippen molar-refractivity contribution in [3.63, 3.8) is 0 Å². The van der Waals surface area contributed by atoms with Crippen molar-refractivity contribution in [2.45, 2.75) is 12.8 Å². The van der Waals surface area contributed by atoms with Gasteiger partial charge in [0.05, 0.1) is 5.56 Å². The fraction of sp³-hybridized carbons (Fsp3) is 0.188. The van der Waals surface area contributed by atoms with Crippen LogP contribution in [0.15, 0.2) is 42.5 Å². The van der Waals surface area contributed by atoms with E-state index in [0.29, 0.717) is 5.69 Å². The monoisotopic (exact) mass is 270 g/mol. The van der Waals surface area contributed by atoms with Gasteiger partial charge in [-0.25, -0.2) is 4.39 Å². The van der Waals surface area contributed by atoms with E-state index in [0.717, 1.165) is 25.1 Å². The van der Waals surface area contributed by atoms with Crippen LogP contribution >= 0.6 is 0 Å². The average Bonchev–Trinajstić information content (AvgIpc) is 2.47. The number of amides is 1. The van der Waals surface area contributed by atoms with Gasteiger partial charge in [0.1, 0.15) is 5.82 Å². The van der Waals surface area contributed by atoms with Crippen LogP contribution in [-0.4, -0.2) is 12.5 Å². The minimum atomic E-state index is -0.510. The number of nitrogens with one attached hydrogen (secondary N) is 2. The molecule has 0 saturated carbocycles. The van der Waals surface area contributed by atoms with Crippen LogP contribution in [0.2, 0.25) is 0 Å². The third-order valence-electron chi connectivity index (χ3n) is 3.42. The minimum absolute atomic E-state index is 0.0587. The predicted molar refractivity (Wildman–Crippen MR) is 77.6 cm³/mol. The molecule has 0 aromatic heterocycles. The van der Waals surface area contributed by atoms with Crippen molar-refractivity contribution in [2.24, 2.45) is 0 Å². The molecule has 3 nitrogen and oxygen atoms in total. The number of carbonyl (C=O) groups is 1. The lowest BCUT2D eigenvalue weighted by atomic mass is 10.0. The molecule has 0 unspecified atom stereocenters. The number of benzene rings is 2. The number of halogens is 1. The Labute approximate surface area is 116 Å². The number of hydrogen-bond donors (Lipinski definition) is 2. The molecule has 1 aliphatic heterocycles. The summed E-state index contributed by atoms with van der Waals surface area (Å²) in [5.41, 5.74) is 3.05. The zero-order valence-electron chi connectivity index (χ0n) is 10.9. The van der Waals surface area contributed by atoms with Crippen LogP contribution in [0, 0.1) is 5.82 Å². The summed E-state index contributed by atoms with van der Waals surface area (Å²) in [6.07, 6.45) is 2.07. The number of fused-ring (bicyclic) bond motifs is 1. The summed E-state index contributed by atoms with van der Waals surface area (Å²) in [6, 6.07) is 11.7. The highest BCUT2D eigenvalue weighted by atomic mass is 19.1. The standard InChI is InChI=1S/C16H15FN2O/c17-14-6-2-1-5-13(14)16(20)19-12-7-8-15-11(10-12)4-3-9-18-15/h1-2,5-8,10,18H,3-4,9H2,(H,19,20). The van der Waals surface area contributed by atoms with E-state index in [4.69, 9.17) is 0 Å². The zero-order chi connectivity index (χ0) is 13.9. The Balaban J connectivity index is 1.81. The van der Waals surface area contributed by atoms with Crippen LogP contribution in [0.5, 0.6) is 0 Å². The van der Waals surface area contributed by atoms with Crippen LogP contribution in [0.25, 0.3) is 0 Å². The zero-order valence-corrected chi connectivity index (χ0v) is 10.9. The molecule has 1 amide bonds. The molecule has 2 N–H and O–H groups in total. The lowest BCUT2D eigenvalue weighted by molar-refractivity contribution is 0.102. The second-order valence-corrected chi connectivity index (χ2v) is 4.84. The van der Waals surface area contributed by atoms with E-state index >= 15 is 0 Å². The summed E-state index contributed by atoms with van der Waals surface area (Å²) in [4.78, 5) is 12.0. The summed E-state index contributed by atoms with van der Waals surface area (Å²) in [5, 5.41) is 6.05. The van der Waals surface area contributed by atoms with Gasteiger partial charge < -0.3 is 10.6 Å². The smallest absolute Gasteiger partial charge is 0.258 e. The lowest BCUT2D eigenvalue weighted by Crippen LogP contribution is -2.15. The maximum absolute atomic E-state index is 13.5. The van der Waals surface area contributed by atoms with Crippen LogP contribution in [-0.2, 0) is 6.42 Å². The Hall–Kier alpha value is -2.36. The van der Waals surface area contributed by atoms with Crippen molar-refractivity contribution in [1.82, 2.24) is 0 Å². The number of aryl methyl sites for hydroxylation is 1. The lowest BCUT2D eigenvalue weighted by Gasteiger charge is -2.18. The van der Waals surface area contributed by atoms with Crippen molar-refractivity contribution in [3.8, 4) is 0 Å². The van der Waals surface area contributed by atoms with Gasteiger partial charge in [-0.2, -0.15) is 0 Å². The molecule has 3 rings (SSSR count). The van der Waals surface area contributed by atoms with Crippen molar-refractivity contribution in [2.75, 3.05) is 17.2 Å². The molecule has 0 saturated heterocycles. The van der Waals surface area contributed by atoms with E-state index in [9.17, 15) is 9.18 Å². The van der Waals surface area contributed by atoms with E-state index in [2.05, 4.69) is 10.6 Å². The van der Waals surface area contributed by atoms with Crippen LogP contribution in [0.4, 0.5) is 15.8 Å². The summed E-state index contributed by atoms with van der Waals surface area (Å²) in [7, 11) is 0. The Kier molecular flexibility index (Phi) is 3.37. The molecule has 102 valence electrons. The third-order valence-corrected chi connectivity index (χ3v) is 3.42. The number of carbonyl (C=O) groups excluding carboxylic acids is 1. The SMILES string of the molecule is O=C(Nc1ccc2c(c1)CCCN2)c1ccccc1F. The van der Waals surface area contributed by atoms with Crippen LogP contribution < -0.4 is 10.6 Å². The minimum Gasteiger partial charge on any atom is -0.385 e. The average molecular weight is 270 g/mol. The van der Waals surface area contributed by atoms with E-state index in [1.165, 1.54) is 17.7 Å². The van der Waals surface area contributed by atoms with E-state index in [-0.39, 0.29) is 5.56 Å². The Bertz CT molecular complexity index is 655. The molecule has 0 spiro atoms. The largest absolute Gasteiger partial charge is 0.385 e. The van der Waals surface area contributed by atoms with Gasteiger partial charge in [-0.05, 0) is 48.7 Å². The molecule has 0 fully saturated rings. The maximum Gasteiger partial charge on any atom is 0.258 e. The summed E-state index contributed by atoms with van der Waals surface area (Å²) >= 11 is 0. The summed E-state index contributed by atoms with van der Waals surface area (Å²) in [6.45, 7) is 0.980. The molecule has 4 heteroatoms. The van der Waals surface area contributed by atoms with E-state index < -0.39 is 11.7 Å². The second kappa shape index (κ2) is 5.33. The first-order chi connectivity index (χ1) is 9.74. The van der Waals surface area contributed by atoms with Crippen molar-refractivity contribution < 1.29 is 9.18 Å². The number of hydrogen-bond acceptors (Lipinski definition) is 2. The Morgan fingerprint density at radius 1 is 1.20 bits per heavy atom. The van der Waals surface area contributed by atoms with Gasteiger partial charge in [0.2, 0.25) is 0 Å². The second-order valence-electron chi connectivity index (χ2n) is 4.84. The predicted octanol–water partition coefficient (Wildman–Crippen LogP) is 3.44. The molecule has 0 radical (unpaired) electrons. The van der Waals surface area contributed by atoms with E-state index in [1.54, 1.807) is 12.1 Å². The molecule has 0 bridgehead atoms. The highest BCUT2D eigenvalue weighted by molar-refractivity contribution is 6.04. The first-order valence-corrected chi connectivity index (χ1v) is 6.67. The van der Waals surface area contributed by atoms with Crippen molar-refractivity contribution in [1.29, 1.82) is 0 Å². The van der Waals surface area contributed by atoms with Crippen molar-refractivity contribution in [3.05, 3.63) is 59.4 Å². The van der Waals surface area contributed by atoms with Gasteiger partial charge in [0.15, 0.2) is 0 Å². The maximum atomic E-state index is 13.5. The van der Waals surface area contributed by atoms with Crippen molar-refractivity contribution >= 4 is 17.3 Å². The fourth-order valence-corrected chi connectivity index (χ4v) is 2.40. The van der Waals surface area contributed by atoms with Gasteiger partial charge in [0.25, 0.3) is 5.91 Å². The first-order valence-electron chi connectivity index (χ1n) is 6.67. The van der Waals surface area contributed by atoms with Gasteiger partial charge in [-0.1, -0.05) is 12.1 Å².